The summed E-state index contributed by atoms with van der Waals surface area (Å²) in [7, 11) is 0. The van der Waals surface area contributed by atoms with Crippen LogP contribution in [0.5, 0.6) is 0 Å². The maximum absolute atomic E-state index is 11.8. The van der Waals surface area contributed by atoms with Crippen molar-refractivity contribution in [2.75, 3.05) is 6.26 Å². The maximum atomic E-state index is 11.8. The van der Waals surface area contributed by atoms with E-state index >= 15 is 0 Å². The Morgan fingerprint density at radius 1 is 1.33 bits per heavy atom. The van der Waals surface area contributed by atoms with Gasteiger partial charge in [-0.2, -0.15) is 5.26 Å². The number of hydrogen-bond acceptors (Lipinski definition) is 4. The monoisotopic (exact) mass is 259 g/mol. The fraction of sp³-hybridized carbons (Fsp3) is 0.0833. The van der Waals surface area contributed by atoms with E-state index in [1.165, 1.54) is 22.5 Å². The molecule has 0 atom stereocenters. The lowest BCUT2D eigenvalue weighted by molar-refractivity contribution is 0.875. The van der Waals surface area contributed by atoms with Gasteiger partial charge in [-0.1, -0.05) is 12.1 Å². The first-order chi connectivity index (χ1) is 8.67. The van der Waals surface area contributed by atoms with Crippen molar-refractivity contribution in [2.45, 2.75) is 4.90 Å². The highest BCUT2D eigenvalue weighted by molar-refractivity contribution is 7.98. The molecule has 18 heavy (non-hydrogen) atoms. The molecule has 1 aromatic carbocycles. The number of aromatic amines is 1. The second kappa shape index (κ2) is 4.94. The van der Waals surface area contributed by atoms with Crippen molar-refractivity contribution in [1.82, 2.24) is 9.55 Å². The van der Waals surface area contributed by atoms with Gasteiger partial charge in [-0.25, -0.2) is 4.79 Å². The van der Waals surface area contributed by atoms with Gasteiger partial charge in [0.1, 0.15) is 11.6 Å². The molecule has 1 heterocycles. The zero-order chi connectivity index (χ0) is 13.1. The number of nitrogens with one attached hydrogen (secondary N) is 1. The van der Waals surface area contributed by atoms with Gasteiger partial charge in [-0.3, -0.25) is 14.3 Å². The van der Waals surface area contributed by atoms with Crippen LogP contribution in [-0.4, -0.2) is 15.8 Å². The minimum atomic E-state index is -0.666. The van der Waals surface area contributed by atoms with Crippen molar-refractivity contribution in [1.29, 1.82) is 5.26 Å². The van der Waals surface area contributed by atoms with E-state index < -0.39 is 11.2 Å². The average molecular weight is 259 g/mol. The molecule has 5 nitrogen and oxygen atoms in total. The molecule has 0 saturated carbocycles. The Hall–Kier alpha value is -2.26. The van der Waals surface area contributed by atoms with Gasteiger partial charge in [0, 0.05) is 11.1 Å². The Morgan fingerprint density at radius 3 is 2.72 bits per heavy atom. The lowest BCUT2D eigenvalue weighted by Gasteiger charge is -2.09. The number of hydrogen-bond donors (Lipinski definition) is 1. The van der Waals surface area contributed by atoms with E-state index in [1.54, 1.807) is 18.2 Å². The van der Waals surface area contributed by atoms with Crippen molar-refractivity contribution in [3.05, 3.63) is 56.9 Å². The third-order valence-corrected chi connectivity index (χ3v) is 3.19. The van der Waals surface area contributed by atoms with Crippen molar-refractivity contribution >= 4 is 11.8 Å². The van der Waals surface area contributed by atoms with Crippen molar-refractivity contribution < 1.29 is 0 Å². The van der Waals surface area contributed by atoms with Crippen molar-refractivity contribution in [3.63, 3.8) is 0 Å². The third kappa shape index (κ3) is 2.08. The smallest absolute Gasteiger partial charge is 0.273 e. The number of benzene rings is 1. The number of nitrogens with zero attached hydrogens (tertiary/aromatic N) is 2. The highest BCUT2D eigenvalue weighted by atomic mass is 32.2. The molecule has 0 spiro atoms. The molecular formula is C12H9N3O2S. The predicted octanol–water partition coefficient (Wildman–Crippen LogP) is 1.12. The average Bonchev–Trinajstić information content (AvgIpc) is 2.39. The zero-order valence-electron chi connectivity index (χ0n) is 9.51. The van der Waals surface area contributed by atoms with Gasteiger partial charge in [0.15, 0.2) is 0 Å². The van der Waals surface area contributed by atoms with Crippen LogP contribution in [0.15, 0.2) is 44.9 Å². The molecule has 0 aliphatic rings. The number of para-hydroxylation sites is 1. The highest BCUT2D eigenvalue weighted by Gasteiger charge is 2.08. The summed E-state index contributed by atoms with van der Waals surface area (Å²) in [6, 6.07) is 9.03. The van der Waals surface area contributed by atoms with Crippen LogP contribution >= 0.6 is 11.8 Å². The van der Waals surface area contributed by atoms with E-state index in [0.29, 0.717) is 5.69 Å². The van der Waals surface area contributed by atoms with Gasteiger partial charge >= 0.3 is 5.69 Å². The number of aromatic nitrogens is 2. The van der Waals surface area contributed by atoms with E-state index in [9.17, 15) is 9.59 Å². The Morgan fingerprint density at radius 2 is 2.06 bits per heavy atom. The second-order valence-electron chi connectivity index (χ2n) is 3.46. The summed E-state index contributed by atoms with van der Waals surface area (Å²) in [4.78, 5) is 26.1. The summed E-state index contributed by atoms with van der Waals surface area (Å²) in [5, 5.41) is 8.82. The van der Waals surface area contributed by atoms with Crippen LogP contribution in [0.3, 0.4) is 0 Å². The molecule has 0 aliphatic carbocycles. The van der Waals surface area contributed by atoms with E-state index in [-0.39, 0.29) is 5.56 Å². The zero-order valence-corrected chi connectivity index (χ0v) is 10.3. The summed E-state index contributed by atoms with van der Waals surface area (Å²) in [5.41, 5.74) is -0.672. The first kappa shape index (κ1) is 12.2. The lowest BCUT2D eigenvalue weighted by Crippen LogP contribution is -2.30. The molecule has 0 saturated heterocycles. The molecule has 2 aromatic rings. The van der Waals surface area contributed by atoms with Crippen LogP contribution < -0.4 is 11.2 Å². The lowest BCUT2D eigenvalue weighted by atomic mass is 10.3. The molecule has 1 aromatic heterocycles. The standard InChI is InChI=1S/C12H9N3O2S/c1-18-10-5-3-2-4-9(10)15-7-8(6-13)11(16)14-12(15)17/h2-5,7H,1H3,(H,14,16,17). The Bertz CT molecular complexity index is 740. The predicted molar refractivity (Wildman–Crippen MR) is 69.2 cm³/mol. The molecule has 0 fully saturated rings. The molecule has 6 heteroatoms. The van der Waals surface area contributed by atoms with Gasteiger partial charge in [0.05, 0.1) is 5.69 Å². The molecule has 0 unspecified atom stereocenters. The molecule has 0 amide bonds. The van der Waals surface area contributed by atoms with Gasteiger partial charge in [0.25, 0.3) is 5.56 Å². The van der Waals surface area contributed by atoms with E-state index in [2.05, 4.69) is 4.98 Å². The first-order valence-electron chi connectivity index (χ1n) is 5.07. The van der Waals surface area contributed by atoms with Crippen LogP contribution in [0, 0.1) is 11.3 Å². The minimum Gasteiger partial charge on any atom is -0.273 e. The summed E-state index contributed by atoms with van der Waals surface area (Å²) in [6.07, 6.45) is 3.15. The van der Waals surface area contributed by atoms with Crippen LogP contribution in [0.2, 0.25) is 0 Å². The molecule has 0 bridgehead atoms. The van der Waals surface area contributed by atoms with Gasteiger partial charge in [-0.15, -0.1) is 11.8 Å². The van der Waals surface area contributed by atoms with Crippen molar-refractivity contribution in [2.24, 2.45) is 0 Å². The molecule has 2 rings (SSSR count). The summed E-state index contributed by atoms with van der Waals surface area (Å²) >= 11 is 1.48. The van der Waals surface area contributed by atoms with E-state index in [4.69, 9.17) is 5.26 Å². The van der Waals surface area contributed by atoms with Crippen LogP contribution in [0.1, 0.15) is 5.56 Å². The molecular weight excluding hydrogens is 250 g/mol. The molecule has 0 radical (unpaired) electrons. The van der Waals surface area contributed by atoms with Crippen LogP contribution in [-0.2, 0) is 0 Å². The first-order valence-corrected chi connectivity index (χ1v) is 6.29. The second-order valence-corrected chi connectivity index (χ2v) is 4.30. The summed E-state index contributed by atoms with van der Waals surface area (Å²) < 4.78 is 1.27. The highest BCUT2D eigenvalue weighted by Crippen LogP contribution is 2.22. The summed E-state index contributed by atoms with van der Waals surface area (Å²) in [5.74, 6) is 0. The molecule has 90 valence electrons. The molecule has 1 N–H and O–H groups in total. The normalized spacial score (nSPS) is 10.0. The fourth-order valence-electron chi connectivity index (χ4n) is 1.56. The SMILES string of the molecule is CSc1ccccc1-n1cc(C#N)c(=O)[nH]c1=O. The summed E-state index contributed by atoms with van der Waals surface area (Å²) in [6.45, 7) is 0. The third-order valence-electron chi connectivity index (χ3n) is 2.41. The van der Waals surface area contributed by atoms with Crippen LogP contribution in [0.4, 0.5) is 0 Å². The Balaban J connectivity index is 2.76. The number of nitriles is 1. The Kier molecular flexibility index (Phi) is 3.35. The number of thioether (sulfide) groups is 1. The topological polar surface area (TPSA) is 78.7 Å². The van der Waals surface area contributed by atoms with Gasteiger partial charge in [0.2, 0.25) is 0 Å². The minimum absolute atomic E-state index is 0.0921. The molecule has 0 aliphatic heterocycles. The largest absolute Gasteiger partial charge is 0.333 e. The number of H-pyrrole nitrogens is 1. The fourth-order valence-corrected chi connectivity index (χ4v) is 2.15. The van der Waals surface area contributed by atoms with Crippen LogP contribution in [0.25, 0.3) is 5.69 Å². The quantitative estimate of drug-likeness (QED) is 0.820. The van der Waals surface area contributed by atoms with Gasteiger partial charge in [-0.05, 0) is 18.4 Å². The van der Waals surface area contributed by atoms with Crippen molar-refractivity contribution in [3.8, 4) is 11.8 Å². The number of rotatable bonds is 2. The van der Waals surface area contributed by atoms with E-state index in [1.807, 2.05) is 18.4 Å². The van der Waals surface area contributed by atoms with Gasteiger partial charge < -0.3 is 0 Å². The van der Waals surface area contributed by atoms with E-state index in [0.717, 1.165) is 4.90 Å². The maximum Gasteiger partial charge on any atom is 0.333 e. The Labute approximate surface area is 107 Å².